The van der Waals surface area contributed by atoms with E-state index in [-0.39, 0.29) is 0 Å². The molecule has 23 heavy (non-hydrogen) atoms. The molecule has 2 aliphatic rings. The first kappa shape index (κ1) is 14.0. The molecule has 0 aromatic heterocycles. The number of aryl methyl sites for hydroxylation is 2. The second-order valence-corrected chi connectivity index (χ2v) is 6.39. The van der Waals surface area contributed by atoms with Gasteiger partial charge >= 0.3 is 0 Å². The molecule has 0 nitrogen and oxygen atoms in total. The number of fused-ring (bicyclic) bond motifs is 6. The van der Waals surface area contributed by atoms with Gasteiger partial charge in [-0.3, -0.25) is 0 Å². The quantitative estimate of drug-likeness (QED) is 0.466. The summed E-state index contributed by atoms with van der Waals surface area (Å²) in [5.41, 5.74) is 9.94. The largest absolute Gasteiger partial charge is 0.0678 e. The van der Waals surface area contributed by atoms with Gasteiger partial charge < -0.3 is 0 Å². The lowest BCUT2D eigenvalue weighted by Gasteiger charge is -2.19. The molecule has 3 aromatic carbocycles. The van der Waals surface area contributed by atoms with E-state index in [1.807, 2.05) is 18.2 Å². The Morgan fingerprint density at radius 2 is 1.30 bits per heavy atom. The molecule has 0 radical (unpaired) electrons. The van der Waals surface area contributed by atoms with E-state index in [1.54, 1.807) is 0 Å². The molecule has 0 heterocycles. The maximum absolute atomic E-state index is 2.38. The number of hydrogen-bond donors (Lipinski definition) is 0. The van der Waals surface area contributed by atoms with E-state index in [0.717, 1.165) is 0 Å². The Balaban J connectivity index is 0.000000164. The van der Waals surface area contributed by atoms with Crippen molar-refractivity contribution >= 4 is 5.57 Å². The molecule has 0 aliphatic heterocycles. The van der Waals surface area contributed by atoms with Gasteiger partial charge in [-0.05, 0) is 41.7 Å². The summed E-state index contributed by atoms with van der Waals surface area (Å²) in [5.74, 6) is 0.602. The van der Waals surface area contributed by atoms with E-state index in [2.05, 4.69) is 74.5 Å². The van der Waals surface area contributed by atoms with Crippen molar-refractivity contribution < 1.29 is 0 Å². The third kappa shape index (κ3) is 2.61. The summed E-state index contributed by atoms with van der Waals surface area (Å²) in [6, 6.07) is 25.8. The Kier molecular flexibility index (Phi) is 3.38. The first-order chi connectivity index (χ1) is 11.2. The van der Waals surface area contributed by atoms with Gasteiger partial charge in [0.1, 0.15) is 0 Å². The highest BCUT2D eigenvalue weighted by Gasteiger charge is 2.35. The molecule has 5 rings (SSSR count). The fourth-order valence-electron chi connectivity index (χ4n) is 3.32. The van der Waals surface area contributed by atoms with Crippen LogP contribution in [0, 0.1) is 13.8 Å². The van der Waals surface area contributed by atoms with Gasteiger partial charge in [-0.1, -0.05) is 90.0 Å². The lowest BCUT2D eigenvalue weighted by Crippen LogP contribution is -1.98. The summed E-state index contributed by atoms with van der Waals surface area (Å²) in [6.45, 7) is 4.25. The molecule has 1 atom stereocenters. The van der Waals surface area contributed by atoms with Crippen molar-refractivity contribution in [3.8, 4) is 11.1 Å². The van der Waals surface area contributed by atoms with Crippen molar-refractivity contribution in [2.24, 2.45) is 0 Å². The van der Waals surface area contributed by atoms with Crippen LogP contribution in [-0.4, -0.2) is 0 Å². The average molecular weight is 296 g/mol. The highest BCUT2D eigenvalue weighted by molar-refractivity contribution is 5.99. The molecule has 0 saturated carbocycles. The van der Waals surface area contributed by atoms with E-state index in [0.29, 0.717) is 5.92 Å². The molecule has 0 spiro atoms. The minimum Gasteiger partial charge on any atom is -0.0678 e. The molecule has 0 heteroatoms. The lowest BCUT2D eigenvalue weighted by molar-refractivity contribution is 1.21. The maximum Gasteiger partial charge on any atom is 0.0285 e. The first-order valence-corrected chi connectivity index (χ1v) is 8.18. The van der Waals surface area contributed by atoms with Crippen molar-refractivity contribution in [1.82, 2.24) is 0 Å². The summed E-state index contributed by atoms with van der Waals surface area (Å²) >= 11 is 0. The van der Waals surface area contributed by atoms with Crippen molar-refractivity contribution in [2.45, 2.75) is 19.8 Å². The van der Waals surface area contributed by atoms with Crippen molar-refractivity contribution in [3.05, 3.63) is 101 Å². The molecule has 112 valence electrons. The molecule has 1 unspecified atom stereocenters. The molecule has 0 saturated heterocycles. The van der Waals surface area contributed by atoms with Crippen LogP contribution in [-0.2, 0) is 0 Å². The van der Waals surface area contributed by atoms with Crippen molar-refractivity contribution in [3.63, 3.8) is 0 Å². The van der Waals surface area contributed by atoms with Crippen molar-refractivity contribution in [2.75, 3.05) is 0 Å². The van der Waals surface area contributed by atoms with E-state index in [9.17, 15) is 0 Å². The van der Waals surface area contributed by atoms with Gasteiger partial charge in [0.15, 0.2) is 0 Å². The Hall–Kier alpha value is -2.60. The van der Waals surface area contributed by atoms with E-state index in [4.69, 9.17) is 0 Å². The van der Waals surface area contributed by atoms with Crippen LogP contribution in [0.1, 0.15) is 28.2 Å². The fraction of sp³-hybridized carbons (Fsp3) is 0.130. The van der Waals surface area contributed by atoms with E-state index in [1.165, 1.54) is 39.0 Å². The van der Waals surface area contributed by atoms with Gasteiger partial charge in [0.05, 0.1) is 0 Å². The smallest absolute Gasteiger partial charge is 0.0285 e. The van der Waals surface area contributed by atoms with Crippen LogP contribution in [0.3, 0.4) is 0 Å². The van der Waals surface area contributed by atoms with Gasteiger partial charge in [-0.25, -0.2) is 0 Å². The van der Waals surface area contributed by atoms with Crippen LogP contribution in [0.4, 0.5) is 0 Å². The Morgan fingerprint density at radius 3 is 2.00 bits per heavy atom. The molecule has 0 amide bonds. The summed E-state index contributed by atoms with van der Waals surface area (Å²) in [6.07, 6.45) is 2.38. The Bertz CT molecular complexity index is 885. The first-order valence-electron chi connectivity index (χ1n) is 8.18. The molecular formula is C23H20. The standard InChI is InChI=1S/C16H12.C7H8/c1-10-6-7-13-14(8-10)11-4-2-3-5-12(11)15-9-16(13)15;1-7-5-3-2-4-6-7/h2-9,16H,1H3;2-6H,1H3. The second-order valence-electron chi connectivity index (χ2n) is 6.39. The molecule has 3 aromatic rings. The summed E-state index contributed by atoms with van der Waals surface area (Å²) in [4.78, 5) is 0. The van der Waals surface area contributed by atoms with E-state index < -0.39 is 0 Å². The minimum absolute atomic E-state index is 0.602. The van der Waals surface area contributed by atoms with Crippen LogP contribution in [0.15, 0.2) is 78.9 Å². The fourth-order valence-corrected chi connectivity index (χ4v) is 3.32. The maximum atomic E-state index is 2.38. The second kappa shape index (κ2) is 5.55. The zero-order chi connectivity index (χ0) is 15.8. The zero-order valence-corrected chi connectivity index (χ0v) is 13.6. The molecular weight excluding hydrogens is 276 g/mol. The predicted molar refractivity (Wildman–Crippen MR) is 98.5 cm³/mol. The summed E-state index contributed by atoms with van der Waals surface area (Å²) in [7, 11) is 0. The van der Waals surface area contributed by atoms with E-state index >= 15 is 0 Å². The average Bonchev–Trinajstić information content (AvgIpc) is 3.37. The van der Waals surface area contributed by atoms with Crippen LogP contribution >= 0.6 is 0 Å². The monoisotopic (exact) mass is 296 g/mol. The molecule has 0 fully saturated rings. The van der Waals surface area contributed by atoms with Gasteiger partial charge in [0.25, 0.3) is 0 Å². The third-order valence-corrected chi connectivity index (χ3v) is 4.58. The number of allylic oxidation sites excluding steroid dienone is 2. The van der Waals surface area contributed by atoms with Gasteiger partial charge in [-0.15, -0.1) is 0 Å². The van der Waals surface area contributed by atoms with Crippen molar-refractivity contribution in [1.29, 1.82) is 0 Å². The van der Waals surface area contributed by atoms with Gasteiger partial charge in [0.2, 0.25) is 0 Å². The van der Waals surface area contributed by atoms with Gasteiger partial charge in [0, 0.05) is 5.92 Å². The number of rotatable bonds is 0. The minimum atomic E-state index is 0.602. The van der Waals surface area contributed by atoms with Crippen LogP contribution in [0.5, 0.6) is 0 Å². The zero-order valence-electron chi connectivity index (χ0n) is 13.6. The predicted octanol–water partition coefficient (Wildman–Crippen LogP) is 6.15. The molecule has 0 bridgehead atoms. The van der Waals surface area contributed by atoms with Crippen LogP contribution in [0.2, 0.25) is 0 Å². The highest BCUT2D eigenvalue weighted by Crippen LogP contribution is 2.55. The number of hydrogen-bond acceptors (Lipinski definition) is 0. The van der Waals surface area contributed by atoms with Crippen LogP contribution < -0.4 is 0 Å². The lowest BCUT2D eigenvalue weighted by atomic mass is 9.84. The Morgan fingerprint density at radius 1 is 0.609 bits per heavy atom. The normalized spacial score (nSPS) is 16.1. The molecule has 2 aliphatic carbocycles. The summed E-state index contributed by atoms with van der Waals surface area (Å²) < 4.78 is 0. The van der Waals surface area contributed by atoms with Gasteiger partial charge in [-0.2, -0.15) is 0 Å². The number of benzene rings is 3. The summed E-state index contributed by atoms with van der Waals surface area (Å²) in [5, 5.41) is 0. The highest BCUT2D eigenvalue weighted by atomic mass is 14.4. The SMILES string of the molecule is Cc1ccc2c(c1)-c1ccccc1C1=CC12.Cc1ccccc1. The van der Waals surface area contributed by atoms with Crippen LogP contribution in [0.25, 0.3) is 16.7 Å². The third-order valence-electron chi connectivity index (χ3n) is 4.58. The molecule has 0 N–H and O–H groups in total. The topological polar surface area (TPSA) is 0 Å². The Labute approximate surface area is 138 Å².